The molecule has 0 fully saturated rings. The topological polar surface area (TPSA) is 64.1 Å². The van der Waals surface area contributed by atoms with E-state index in [2.05, 4.69) is 15.5 Å². The number of carbonyl (C=O) groups excluding carboxylic acids is 1. The van der Waals surface area contributed by atoms with Crippen LogP contribution in [0.4, 0.5) is 5.13 Å². The van der Waals surface area contributed by atoms with E-state index < -0.39 is 0 Å². The number of benzene rings is 2. The molecule has 0 radical (unpaired) electrons. The highest BCUT2D eigenvalue weighted by atomic mass is 35.5. The normalized spacial score (nSPS) is 10.4. The second kappa shape index (κ2) is 7.42. The Morgan fingerprint density at radius 3 is 2.67 bits per heavy atom. The minimum absolute atomic E-state index is 0.294. The van der Waals surface area contributed by atoms with Gasteiger partial charge >= 0.3 is 0 Å². The van der Waals surface area contributed by atoms with Gasteiger partial charge in [-0.05, 0) is 31.2 Å². The van der Waals surface area contributed by atoms with Gasteiger partial charge in [0.05, 0.1) is 10.6 Å². The van der Waals surface area contributed by atoms with Crippen molar-refractivity contribution in [1.29, 1.82) is 0 Å². The largest absolute Gasteiger partial charge is 0.486 e. The fourth-order valence-corrected chi connectivity index (χ4v) is 2.82. The Labute approximate surface area is 148 Å². The van der Waals surface area contributed by atoms with Crippen LogP contribution in [0.1, 0.15) is 20.9 Å². The summed E-state index contributed by atoms with van der Waals surface area (Å²) in [5, 5.41) is 12.1. The lowest BCUT2D eigenvalue weighted by Crippen LogP contribution is -2.12. The van der Waals surface area contributed by atoms with Crippen LogP contribution in [0.3, 0.4) is 0 Å². The molecule has 0 saturated heterocycles. The van der Waals surface area contributed by atoms with E-state index in [1.54, 1.807) is 24.3 Å². The summed E-state index contributed by atoms with van der Waals surface area (Å²) in [6.45, 7) is 2.31. The predicted molar refractivity (Wildman–Crippen MR) is 94.8 cm³/mol. The van der Waals surface area contributed by atoms with Gasteiger partial charge < -0.3 is 4.74 Å². The van der Waals surface area contributed by atoms with E-state index in [-0.39, 0.29) is 5.91 Å². The Bertz CT molecular complexity index is 849. The number of aryl methyl sites for hydroxylation is 1. The zero-order chi connectivity index (χ0) is 16.9. The highest BCUT2D eigenvalue weighted by molar-refractivity contribution is 7.15. The monoisotopic (exact) mass is 359 g/mol. The van der Waals surface area contributed by atoms with Crippen LogP contribution in [0.15, 0.2) is 48.5 Å². The quantitative estimate of drug-likeness (QED) is 0.736. The molecule has 0 aliphatic heterocycles. The van der Waals surface area contributed by atoms with Crippen LogP contribution in [0.5, 0.6) is 5.75 Å². The van der Waals surface area contributed by atoms with Gasteiger partial charge in [0, 0.05) is 0 Å². The van der Waals surface area contributed by atoms with Crippen LogP contribution in [-0.4, -0.2) is 16.1 Å². The van der Waals surface area contributed by atoms with Gasteiger partial charge in [-0.3, -0.25) is 10.1 Å². The highest BCUT2D eigenvalue weighted by Crippen LogP contribution is 2.21. The zero-order valence-electron chi connectivity index (χ0n) is 12.8. The van der Waals surface area contributed by atoms with Crippen LogP contribution < -0.4 is 10.1 Å². The van der Waals surface area contributed by atoms with Crippen molar-refractivity contribution in [3.8, 4) is 5.75 Å². The Morgan fingerprint density at radius 2 is 1.92 bits per heavy atom. The third-order valence-electron chi connectivity index (χ3n) is 3.19. The maximum absolute atomic E-state index is 12.2. The lowest BCUT2D eigenvalue weighted by molar-refractivity contribution is 0.102. The number of hydrogen-bond acceptors (Lipinski definition) is 5. The average Bonchev–Trinajstić information content (AvgIpc) is 3.02. The van der Waals surface area contributed by atoms with E-state index in [4.69, 9.17) is 16.3 Å². The smallest absolute Gasteiger partial charge is 0.259 e. The summed E-state index contributed by atoms with van der Waals surface area (Å²) in [7, 11) is 0. The molecule has 0 unspecified atom stereocenters. The second-order valence-corrected chi connectivity index (χ2v) is 6.51. The van der Waals surface area contributed by atoms with Crippen LogP contribution in [0.25, 0.3) is 0 Å². The maximum Gasteiger partial charge on any atom is 0.259 e. The molecule has 1 N–H and O–H groups in total. The third kappa shape index (κ3) is 4.10. The molecule has 0 aliphatic carbocycles. The first-order chi connectivity index (χ1) is 11.6. The molecule has 1 heterocycles. The van der Waals surface area contributed by atoms with Gasteiger partial charge in [0.1, 0.15) is 12.4 Å². The molecule has 0 atom stereocenters. The van der Waals surface area contributed by atoms with Gasteiger partial charge in [0.15, 0.2) is 5.01 Å². The molecule has 0 spiro atoms. The molecule has 0 saturated carbocycles. The number of nitrogens with zero attached hydrogens (tertiary/aromatic N) is 2. The summed E-state index contributed by atoms with van der Waals surface area (Å²) in [5.74, 6) is 0.445. The second-order valence-electron chi connectivity index (χ2n) is 5.04. The van der Waals surface area contributed by atoms with E-state index in [0.29, 0.717) is 27.3 Å². The first kappa shape index (κ1) is 16.4. The van der Waals surface area contributed by atoms with E-state index in [1.165, 1.54) is 16.9 Å². The number of aromatic nitrogens is 2. The van der Waals surface area contributed by atoms with Crippen LogP contribution >= 0.6 is 22.9 Å². The number of nitrogens with one attached hydrogen (secondary N) is 1. The molecule has 1 aromatic heterocycles. The molecule has 7 heteroatoms. The first-order valence-electron chi connectivity index (χ1n) is 7.19. The molecule has 0 bridgehead atoms. The zero-order valence-corrected chi connectivity index (χ0v) is 14.4. The summed E-state index contributed by atoms with van der Waals surface area (Å²) in [6.07, 6.45) is 0. The fourth-order valence-electron chi connectivity index (χ4n) is 1.95. The predicted octanol–water partition coefficient (Wildman–Crippen LogP) is 4.33. The lowest BCUT2D eigenvalue weighted by atomic mass is 10.2. The number of halogens is 1. The van der Waals surface area contributed by atoms with Crippen molar-refractivity contribution in [1.82, 2.24) is 10.2 Å². The number of rotatable bonds is 5. The third-order valence-corrected chi connectivity index (χ3v) is 4.33. The van der Waals surface area contributed by atoms with Crippen molar-refractivity contribution in [2.75, 3.05) is 5.32 Å². The minimum atomic E-state index is -0.317. The molecule has 0 aliphatic rings. The standard InChI is InChI=1S/C17H14ClN3O2S/c1-11-6-8-12(9-7-11)23-10-15-20-21-17(24-15)19-16(22)13-4-2-3-5-14(13)18/h2-9H,10H2,1H3,(H,19,21,22). The molecule has 122 valence electrons. The Morgan fingerprint density at radius 1 is 1.17 bits per heavy atom. The number of amides is 1. The molecule has 1 amide bonds. The van der Waals surface area contributed by atoms with Gasteiger partial charge in [0.2, 0.25) is 5.13 Å². The van der Waals surface area contributed by atoms with Crippen LogP contribution in [-0.2, 0) is 6.61 Å². The van der Waals surface area contributed by atoms with Crippen molar-refractivity contribution in [2.24, 2.45) is 0 Å². The maximum atomic E-state index is 12.2. The summed E-state index contributed by atoms with van der Waals surface area (Å²) >= 11 is 7.27. The number of anilines is 1. The molecular formula is C17H14ClN3O2S. The Hall–Kier alpha value is -2.44. The summed E-state index contributed by atoms with van der Waals surface area (Å²) in [5.41, 5.74) is 1.56. The van der Waals surface area contributed by atoms with Gasteiger partial charge in [-0.2, -0.15) is 0 Å². The SMILES string of the molecule is Cc1ccc(OCc2nnc(NC(=O)c3ccccc3Cl)s2)cc1. The summed E-state index contributed by atoms with van der Waals surface area (Å²) in [6, 6.07) is 14.6. The summed E-state index contributed by atoms with van der Waals surface area (Å²) < 4.78 is 5.64. The Balaban J connectivity index is 1.60. The fraction of sp³-hybridized carbons (Fsp3) is 0.118. The number of hydrogen-bond donors (Lipinski definition) is 1. The molecule has 2 aromatic carbocycles. The first-order valence-corrected chi connectivity index (χ1v) is 8.39. The molecule has 3 rings (SSSR count). The van der Waals surface area contributed by atoms with Crippen molar-refractivity contribution >= 4 is 34.0 Å². The van der Waals surface area contributed by atoms with Gasteiger partial charge in [-0.1, -0.05) is 52.8 Å². The molecule has 3 aromatic rings. The van der Waals surface area contributed by atoms with Gasteiger partial charge in [-0.25, -0.2) is 0 Å². The molecule has 5 nitrogen and oxygen atoms in total. The van der Waals surface area contributed by atoms with E-state index >= 15 is 0 Å². The minimum Gasteiger partial charge on any atom is -0.486 e. The highest BCUT2D eigenvalue weighted by Gasteiger charge is 2.13. The van der Waals surface area contributed by atoms with E-state index in [1.807, 2.05) is 31.2 Å². The van der Waals surface area contributed by atoms with Gasteiger partial charge in [0.25, 0.3) is 5.91 Å². The number of carbonyl (C=O) groups is 1. The van der Waals surface area contributed by atoms with Crippen molar-refractivity contribution in [3.05, 3.63) is 69.7 Å². The molecular weight excluding hydrogens is 346 g/mol. The number of ether oxygens (including phenoxy) is 1. The lowest BCUT2D eigenvalue weighted by Gasteiger charge is -2.03. The average molecular weight is 360 g/mol. The van der Waals surface area contributed by atoms with Crippen molar-refractivity contribution in [3.63, 3.8) is 0 Å². The van der Waals surface area contributed by atoms with Gasteiger partial charge in [-0.15, -0.1) is 10.2 Å². The van der Waals surface area contributed by atoms with E-state index in [9.17, 15) is 4.79 Å². The van der Waals surface area contributed by atoms with Crippen molar-refractivity contribution < 1.29 is 9.53 Å². The van der Waals surface area contributed by atoms with Crippen molar-refractivity contribution in [2.45, 2.75) is 13.5 Å². The summed E-state index contributed by atoms with van der Waals surface area (Å²) in [4.78, 5) is 12.2. The van der Waals surface area contributed by atoms with Crippen LogP contribution in [0.2, 0.25) is 5.02 Å². The Kier molecular flexibility index (Phi) is 5.08. The van der Waals surface area contributed by atoms with Crippen LogP contribution in [0, 0.1) is 6.92 Å². The molecule has 24 heavy (non-hydrogen) atoms. The van der Waals surface area contributed by atoms with E-state index in [0.717, 1.165) is 5.75 Å².